The van der Waals surface area contributed by atoms with Crippen molar-refractivity contribution < 1.29 is 0 Å². The molecule has 13 heavy (non-hydrogen) atoms. The Morgan fingerprint density at radius 2 is 2.31 bits per heavy atom. The van der Waals surface area contributed by atoms with Gasteiger partial charge in [-0.2, -0.15) is 0 Å². The molecule has 0 atom stereocenters. The molecule has 1 aliphatic carbocycles. The summed E-state index contributed by atoms with van der Waals surface area (Å²) in [5.41, 5.74) is 1.16. The molecule has 0 unspecified atom stereocenters. The van der Waals surface area contributed by atoms with Crippen LogP contribution in [-0.4, -0.2) is 17.6 Å². The number of aromatic nitrogens is 1. The Balaban J connectivity index is 1.76. The summed E-state index contributed by atoms with van der Waals surface area (Å²) in [4.78, 5) is 4.31. The molecule has 1 heterocycles. The SMILES string of the molecule is Brc1ccc(CCNC2CC2)nc1. The Labute approximate surface area is 86.9 Å². The van der Waals surface area contributed by atoms with Crippen LogP contribution in [-0.2, 0) is 6.42 Å². The summed E-state index contributed by atoms with van der Waals surface area (Å²) in [5, 5.41) is 3.47. The highest BCUT2D eigenvalue weighted by atomic mass is 79.9. The molecule has 2 nitrogen and oxygen atoms in total. The maximum Gasteiger partial charge on any atom is 0.0417 e. The molecule has 2 rings (SSSR count). The molecule has 3 heteroatoms. The van der Waals surface area contributed by atoms with Gasteiger partial charge in [0.1, 0.15) is 0 Å². The molecule has 1 aromatic heterocycles. The summed E-state index contributed by atoms with van der Waals surface area (Å²) in [6.07, 6.45) is 5.60. The van der Waals surface area contributed by atoms with Gasteiger partial charge in [-0.05, 0) is 40.9 Å². The first kappa shape index (κ1) is 9.16. The van der Waals surface area contributed by atoms with Crippen LogP contribution >= 0.6 is 15.9 Å². The summed E-state index contributed by atoms with van der Waals surface area (Å²) in [6, 6.07) is 4.91. The van der Waals surface area contributed by atoms with E-state index >= 15 is 0 Å². The van der Waals surface area contributed by atoms with Gasteiger partial charge in [0, 0.05) is 35.4 Å². The Bertz CT molecular complexity index is 267. The smallest absolute Gasteiger partial charge is 0.0417 e. The van der Waals surface area contributed by atoms with E-state index < -0.39 is 0 Å². The monoisotopic (exact) mass is 240 g/mol. The molecule has 0 aliphatic heterocycles. The molecular weight excluding hydrogens is 228 g/mol. The summed E-state index contributed by atoms with van der Waals surface area (Å²) < 4.78 is 1.05. The van der Waals surface area contributed by atoms with Crippen molar-refractivity contribution in [3.8, 4) is 0 Å². The van der Waals surface area contributed by atoms with Gasteiger partial charge in [0.15, 0.2) is 0 Å². The highest BCUT2D eigenvalue weighted by Gasteiger charge is 2.19. The molecule has 1 N–H and O–H groups in total. The maximum atomic E-state index is 4.31. The molecule has 1 aromatic rings. The minimum absolute atomic E-state index is 0.801. The molecule has 0 spiro atoms. The van der Waals surface area contributed by atoms with E-state index in [1.807, 2.05) is 12.3 Å². The first-order chi connectivity index (χ1) is 6.34. The van der Waals surface area contributed by atoms with Crippen molar-refractivity contribution in [1.29, 1.82) is 0 Å². The normalized spacial score (nSPS) is 16.1. The third-order valence-corrected chi connectivity index (χ3v) is 2.65. The summed E-state index contributed by atoms with van der Waals surface area (Å²) in [7, 11) is 0. The van der Waals surface area contributed by atoms with Crippen LogP contribution in [0.2, 0.25) is 0 Å². The minimum Gasteiger partial charge on any atom is -0.314 e. The van der Waals surface area contributed by atoms with E-state index in [1.54, 1.807) is 0 Å². The van der Waals surface area contributed by atoms with Gasteiger partial charge >= 0.3 is 0 Å². The van der Waals surface area contributed by atoms with Crippen LogP contribution in [0.25, 0.3) is 0 Å². The first-order valence-electron chi connectivity index (χ1n) is 4.68. The Morgan fingerprint density at radius 3 is 2.92 bits per heavy atom. The van der Waals surface area contributed by atoms with Crippen LogP contribution in [0.4, 0.5) is 0 Å². The van der Waals surface area contributed by atoms with Gasteiger partial charge in [-0.15, -0.1) is 0 Å². The Hall–Kier alpha value is -0.410. The molecule has 0 amide bonds. The average molecular weight is 241 g/mol. The number of pyridine rings is 1. The third kappa shape index (κ3) is 3.08. The van der Waals surface area contributed by atoms with Crippen LogP contribution < -0.4 is 5.32 Å². The minimum atomic E-state index is 0.801. The molecule has 1 aliphatic rings. The van der Waals surface area contributed by atoms with Crippen LogP contribution in [0.3, 0.4) is 0 Å². The molecule has 0 saturated heterocycles. The van der Waals surface area contributed by atoms with Gasteiger partial charge in [-0.3, -0.25) is 4.98 Å². The van der Waals surface area contributed by atoms with Crippen LogP contribution in [0.5, 0.6) is 0 Å². The summed E-state index contributed by atoms with van der Waals surface area (Å²) >= 11 is 3.37. The van der Waals surface area contributed by atoms with E-state index in [4.69, 9.17) is 0 Å². The van der Waals surface area contributed by atoms with E-state index in [0.29, 0.717) is 0 Å². The fraction of sp³-hybridized carbons (Fsp3) is 0.500. The predicted molar refractivity (Wildman–Crippen MR) is 56.7 cm³/mol. The maximum absolute atomic E-state index is 4.31. The fourth-order valence-electron chi connectivity index (χ4n) is 1.25. The Kier molecular flexibility index (Phi) is 2.96. The number of rotatable bonds is 4. The van der Waals surface area contributed by atoms with Gasteiger partial charge in [0.2, 0.25) is 0 Å². The van der Waals surface area contributed by atoms with Gasteiger partial charge in [0.25, 0.3) is 0 Å². The number of nitrogens with zero attached hydrogens (tertiary/aromatic N) is 1. The quantitative estimate of drug-likeness (QED) is 0.873. The van der Waals surface area contributed by atoms with Crippen molar-refractivity contribution in [2.24, 2.45) is 0 Å². The average Bonchev–Trinajstić information content (AvgIpc) is 2.92. The van der Waals surface area contributed by atoms with Gasteiger partial charge in [0.05, 0.1) is 0 Å². The second kappa shape index (κ2) is 4.20. The lowest BCUT2D eigenvalue weighted by Gasteiger charge is -2.01. The van der Waals surface area contributed by atoms with E-state index in [0.717, 1.165) is 29.2 Å². The zero-order valence-corrected chi connectivity index (χ0v) is 9.05. The second-order valence-electron chi connectivity index (χ2n) is 3.45. The lowest BCUT2D eigenvalue weighted by atomic mass is 10.3. The number of hydrogen-bond acceptors (Lipinski definition) is 2. The molecule has 0 radical (unpaired) electrons. The lowest BCUT2D eigenvalue weighted by molar-refractivity contribution is 0.675. The van der Waals surface area contributed by atoms with Crippen molar-refractivity contribution in [3.63, 3.8) is 0 Å². The van der Waals surface area contributed by atoms with Crippen LogP contribution in [0.15, 0.2) is 22.8 Å². The zero-order valence-electron chi connectivity index (χ0n) is 7.46. The van der Waals surface area contributed by atoms with Gasteiger partial charge < -0.3 is 5.32 Å². The van der Waals surface area contributed by atoms with E-state index in [-0.39, 0.29) is 0 Å². The molecule has 70 valence electrons. The van der Waals surface area contributed by atoms with Crippen LogP contribution in [0, 0.1) is 0 Å². The number of hydrogen-bond donors (Lipinski definition) is 1. The highest BCUT2D eigenvalue weighted by Crippen LogP contribution is 2.18. The Morgan fingerprint density at radius 1 is 1.46 bits per heavy atom. The van der Waals surface area contributed by atoms with Crippen molar-refractivity contribution in [2.45, 2.75) is 25.3 Å². The van der Waals surface area contributed by atoms with E-state index in [1.165, 1.54) is 12.8 Å². The molecule has 1 fully saturated rings. The lowest BCUT2D eigenvalue weighted by Crippen LogP contribution is -2.19. The largest absolute Gasteiger partial charge is 0.314 e. The zero-order chi connectivity index (χ0) is 9.10. The van der Waals surface area contributed by atoms with E-state index in [2.05, 4.69) is 32.3 Å². The second-order valence-corrected chi connectivity index (χ2v) is 4.36. The molecule has 0 bridgehead atoms. The van der Waals surface area contributed by atoms with Gasteiger partial charge in [-0.1, -0.05) is 0 Å². The fourth-order valence-corrected chi connectivity index (χ4v) is 1.48. The molecular formula is C10H13BrN2. The first-order valence-corrected chi connectivity index (χ1v) is 5.48. The molecule has 0 aromatic carbocycles. The van der Waals surface area contributed by atoms with Crippen molar-refractivity contribution in [3.05, 3.63) is 28.5 Å². The highest BCUT2D eigenvalue weighted by molar-refractivity contribution is 9.10. The van der Waals surface area contributed by atoms with Gasteiger partial charge in [-0.25, -0.2) is 0 Å². The topological polar surface area (TPSA) is 24.9 Å². The summed E-state index contributed by atoms with van der Waals surface area (Å²) in [6.45, 7) is 1.05. The van der Waals surface area contributed by atoms with Crippen molar-refractivity contribution in [2.75, 3.05) is 6.54 Å². The van der Waals surface area contributed by atoms with E-state index in [9.17, 15) is 0 Å². The number of halogens is 1. The third-order valence-electron chi connectivity index (χ3n) is 2.18. The van der Waals surface area contributed by atoms with Crippen LogP contribution in [0.1, 0.15) is 18.5 Å². The molecule has 1 saturated carbocycles. The standard InChI is InChI=1S/C10H13BrN2/c11-8-1-2-10(13-7-8)5-6-12-9-3-4-9/h1-2,7,9,12H,3-6H2. The summed E-state index contributed by atoms with van der Waals surface area (Å²) in [5.74, 6) is 0. The van der Waals surface area contributed by atoms with Crippen molar-refractivity contribution in [1.82, 2.24) is 10.3 Å². The van der Waals surface area contributed by atoms with Crippen molar-refractivity contribution >= 4 is 15.9 Å². The predicted octanol–water partition coefficient (Wildman–Crippen LogP) is 2.14. The number of nitrogens with one attached hydrogen (secondary N) is 1.